The topological polar surface area (TPSA) is 28.2 Å². The molecule has 2 unspecified atom stereocenters. The molecule has 1 aliphatic heterocycles. The van der Waals surface area contributed by atoms with E-state index in [9.17, 15) is 0 Å². The first-order valence-electron chi connectivity index (χ1n) is 6.74. The minimum Gasteiger partial charge on any atom is -0.370 e. The smallest absolute Gasteiger partial charge is 0.125 e. The highest BCUT2D eigenvalue weighted by atomic mass is 32.2. The van der Waals surface area contributed by atoms with Gasteiger partial charge in [0.2, 0.25) is 0 Å². The van der Waals surface area contributed by atoms with Crippen LogP contribution in [0.15, 0.2) is 18.3 Å². The molecule has 1 aromatic heterocycles. The van der Waals surface area contributed by atoms with Gasteiger partial charge in [0.05, 0.1) is 0 Å². The summed E-state index contributed by atoms with van der Waals surface area (Å²) in [5.74, 6) is 0.970. The van der Waals surface area contributed by atoms with E-state index in [1.54, 1.807) is 0 Å². The van der Waals surface area contributed by atoms with Crippen LogP contribution in [0.1, 0.15) is 26.3 Å². The summed E-state index contributed by atoms with van der Waals surface area (Å²) in [6.07, 6.45) is 2.00. The molecule has 1 N–H and O–H groups in total. The van der Waals surface area contributed by atoms with Crippen molar-refractivity contribution >= 4 is 17.6 Å². The molecule has 1 saturated heterocycles. The van der Waals surface area contributed by atoms with Crippen molar-refractivity contribution in [3.8, 4) is 0 Å². The summed E-state index contributed by atoms with van der Waals surface area (Å²) in [4.78, 5) is 6.97. The van der Waals surface area contributed by atoms with Crippen LogP contribution in [-0.2, 0) is 6.54 Å². The fraction of sp³-hybridized carbons (Fsp3) is 0.643. The van der Waals surface area contributed by atoms with Gasteiger partial charge in [-0.05, 0) is 18.6 Å². The largest absolute Gasteiger partial charge is 0.370 e. The molecule has 0 radical (unpaired) electrons. The molecule has 18 heavy (non-hydrogen) atoms. The van der Waals surface area contributed by atoms with Crippen molar-refractivity contribution in [2.75, 3.05) is 25.0 Å². The van der Waals surface area contributed by atoms with Crippen molar-refractivity contribution < 1.29 is 0 Å². The van der Waals surface area contributed by atoms with E-state index in [1.165, 1.54) is 18.7 Å². The number of rotatable bonds is 4. The van der Waals surface area contributed by atoms with E-state index in [2.05, 4.69) is 59.9 Å². The highest BCUT2D eigenvalue weighted by Crippen LogP contribution is 2.25. The van der Waals surface area contributed by atoms with Gasteiger partial charge in [-0.1, -0.05) is 19.9 Å². The third-order valence-electron chi connectivity index (χ3n) is 3.08. The Morgan fingerprint density at radius 3 is 2.61 bits per heavy atom. The molecule has 0 aliphatic carbocycles. The van der Waals surface area contributed by atoms with Gasteiger partial charge in [0, 0.05) is 42.9 Å². The van der Waals surface area contributed by atoms with Crippen molar-refractivity contribution in [2.45, 2.75) is 37.8 Å². The number of hydrogen-bond donors (Lipinski definition) is 1. The lowest BCUT2D eigenvalue weighted by Crippen LogP contribution is -2.39. The predicted octanol–water partition coefficient (Wildman–Crippen LogP) is 2.84. The van der Waals surface area contributed by atoms with Gasteiger partial charge < -0.3 is 5.32 Å². The monoisotopic (exact) mass is 265 g/mol. The van der Waals surface area contributed by atoms with E-state index in [4.69, 9.17) is 0 Å². The molecule has 100 valence electrons. The Morgan fingerprint density at radius 1 is 1.33 bits per heavy atom. The van der Waals surface area contributed by atoms with Crippen LogP contribution in [-0.4, -0.2) is 40.0 Å². The second-order valence-electron chi connectivity index (χ2n) is 5.03. The number of nitrogens with one attached hydrogen (secondary N) is 1. The van der Waals surface area contributed by atoms with Gasteiger partial charge >= 0.3 is 0 Å². The number of hydrogen-bond acceptors (Lipinski definition) is 4. The summed E-state index contributed by atoms with van der Waals surface area (Å²) in [5, 5.41) is 4.70. The Morgan fingerprint density at radius 2 is 2.06 bits per heavy atom. The molecule has 4 heteroatoms. The minimum atomic E-state index is 0.739. The lowest BCUT2D eigenvalue weighted by molar-refractivity contribution is 0.262. The van der Waals surface area contributed by atoms with Crippen molar-refractivity contribution in [3.63, 3.8) is 0 Å². The fourth-order valence-corrected chi connectivity index (χ4v) is 3.86. The van der Waals surface area contributed by atoms with Crippen LogP contribution in [0.4, 0.5) is 5.82 Å². The average Bonchev–Trinajstić information content (AvgIpc) is 2.31. The molecule has 0 aromatic carbocycles. The molecule has 0 spiro atoms. The zero-order chi connectivity index (χ0) is 13.0. The summed E-state index contributed by atoms with van der Waals surface area (Å²) in [6, 6.07) is 4.26. The Balaban J connectivity index is 1.92. The van der Waals surface area contributed by atoms with Crippen molar-refractivity contribution in [1.82, 2.24) is 9.88 Å². The maximum atomic E-state index is 4.43. The van der Waals surface area contributed by atoms with Gasteiger partial charge in [-0.15, -0.1) is 0 Å². The van der Waals surface area contributed by atoms with Crippen LogP contribution < -0.4 is 5.32 Å². The average molecular weight is 265 g/mol. The second-order valence-corrected chi connectivity index (χ2v) is 6.92. The van der Waals surface area contributed by atoms with Crippen LogP contribution in [0.3, 0.4) is 0 Å². The first-order valence-corrected chi connectivity index (χ1v) is 7.68. The molecule has 1 fully saturated rings. The van der Waals surface area contributed by atoms with E-state index < -0.39 is 0 Å². The van der Waals surface area contributed by atoms with Crippen molar-refractivity contribution in [2.24, 2.45) is 0 Å². The number of thioether (sulfide) groups is 1. The summed E-state index contributed by atoms with van der Waals surface area (Å²) in [7, 11) is 0. The van der Waals surface area contributed by atoms with E-state index in [-0.39, 0.29) is 0 Å². The lowest BCUT2D eigenvalue weighted by atomic mass is 10.2. The van der Waals surface area contributed by atoms with E-state index in [0.717, 1.165) is 29.4 Å². The quantitative estimate of drug-likeness (QED) is 0.906. The molecule has 2 atom stereocenters. The number of pyridine rings is 1. The van der Waals surface area contributed by atoms with Gasteiger partial charge in [0.1, 0.15) is 5.82 Å². The third-order valence-corrected chi connectivity index (χ3v) is 4.31. The molecule has 0 saturated carbocycles. The van der Waals surface area contributed by atoms with Gasteiger partial charge in [-0.25, -0.2) is 4.98 Å². The minimum absolute atomic E-state index is 0.739. The molecule has 0 amide bonds. The standard InChI is InChI=1S/C14H23N3S/c1-4-15-14-6-5-13(7-16-14)10-17-8-11(2)18-12(3)9-17/h5-7,11-12H,4,8-10H2,1-3H3,(H,15,16). The third kappa shape index (κ3) is 3.89. The first kappa shape index (κ1) is 13.7. The Labute approximate surface area is 114 Å². The highest BCUT2D eigenvalue weighted by molar-refractivity contribution is 8.00. The molecule has 3 nitrogen and oxygen atoms in total. The normalized spacial score (nSPS) is 25.1. The van der Waals surface area contributed by atoms with Gasteiger partial charge in [0.15, 0.2) is 0 Å². The zero-order valence-electron chi connectivity index (χ0n) is 11.5. The Hall–Kier alpha value is -0.740. The number of anilines is 1. The summed E-state index contributed by atoms with van der Waals surface area (Å²) >= 11 is 2.10. The molecular formula is C14H23N3S. The van der Waals surface area contributed by atoms with E-state index in [1.807, 2.05) is 6.20 Å². The zero-order valence-corrected chi connectivity index (χ0v) is 12.3. The maximum Gasteiger partial charge on any atom is 0.125 e. The Kier molecular flexibility index (Phi) is 4.89. The van der Waals surface area contributed by atoms with Gasteiger partial charge in [-0.2, -0.15) is 11.8 Å². The fourth-order valence-electron chi connectivity index (χ4n) is 2.48. The van der Waals surface area contributed by atoms with Crippen LogP contribution in [0.2, 0.25) is 0 Å². The molecular weight excluding hydrogens is 242 g/mol. The molecule has 1 aromatic rings. The highest BCUT2D eigenvalue weighted by Gasteiger charge is 2.22. The summed E-state index contributed by atoms with van der Waals surface area (Å²) in [5.41, 5.74) is 1.31. The SMILES string of the molecule is CCNc1ccc(CN2CC(C)SC(C)C2)cn1. The molecule has 2 rings (SSSR count). The summed E-state index contributed by atoms with van der Waals surface area (Å²) < 4.78 is 0. The number of aromatic nitrogens is 1. The van der Waals surface area contributed by atoms with Crippen LogP contribution in [0.5, 0.6) is 0 Å². The summed E-state index contributed by atoms with van der Waals surface area (Å²) in [6.45, 7) is 11.0. The lowest BCUT2D eigenvalue weighted by Gasteiger charge is -2.34. The van der Waals surface area contributed by atoms with Crippen LogP contribution >= 0.6 is 11.8 Å². The Bertz CT molecular complexity index is 356. The van der Waals surface area contributed by atoms with E-state index in [0.29, 0.717) is 0 Å². The maximum absolute atomic E-state index is 4.43. The van der Waals surface area contributed by atoms with Gasteiger partial charge in [0.25, 0.3) is 0 Å². The first-order chi connectivity index (χ1) is 8.67. The van der Waals surface area contributed by atoms with Crippen LogP contribution in [0, 0.1) is 0 Å². The molecule has 2 heterocycles. The van der Waals surface area contributed by atoms with Crippen LogP contribution in [0.25, 0.3) is 0 Å². The molecule has 0 bridgehead atoms. The van der Waals surface area contributed by atoms with Crippen molar-refractivity contribution in [1.29, 1.82) is 0 Å². The van der Waals surface area contributed by atoms with E-state index >= 15 is 0 Å². The number of nitrogens with zero attached hydrogens (tertiary/aromatic N) is 2. The van der Waals surface area contributed by atoms with Gasteiger partial charge in [-0.3, -0.25) is 4.90 Å². The molecule has 1 aliphatic rings. The predicted molar refractivity (Wildman–Crippen MR) is 80.2 cm³/mol. The second kappa shape index (κ2) is 6.43. The van der Waals surface area contributed by atoms with Crippen molar-refractivity contribution in [3.05, 3.63) is 23.9 Å².